The van der Waals surface area contributed by atoms with Crippen molar-refractivity contribution in [3.05, 3.63) is 28.2 Å². The van der Waals surface area contributed by atoms with Gasteiger partial charge in [0.15, 0.2) is 0 Å². The molecule has 0 saturated carbocycles. The molecule has 9 heteroatoms. The van der Waals surface area contributed by atoms with E-state index in [1.807, 2.05) is 25.1 Å². The number of piperazine rings is 1. The Balaban J connectivity index is 1.83. The molecule has 1 heterocycles. The fourth-order valence-electron chi connectivity index (χ4n) is 2.97. The van der Waals surface area contributed by atoms with Gasteiger partial charge in [-0.2, -0.15) is 13.2 Å². The summed E-state index contributed by atoms with van der Waals surface area (Å²) in [6.45, 7) is 2.49. The maximum atomic E-state index is 13.2. The van der Waals surface area contributed by atoms with Crippen LogP contribution in [0.5, 0.6) is 5.75 Å². The number of aliphatic carboxylic acids is 1. The summed E-state index contributed by atoms with van der Waals surface area (Å²) >= 11 is 3.42. The first kappa shape index (κ1) is 21.0. The molecule has 0 unspecified atom stereocenters. The van der Waals surface area contributed by atoms with Crippen LogP contribution in [0.1, 0.15) is 12.0 Å². The van der Waals surface area contributed by atoms with E-state index >= 15 is 0 Å². The molecule has 0 aliphatic carbocycles. The molecule has 0 radical (unpaired) electrons. The number of nitrogens with zero attached hydrogens (tertiary/aromatic N) is 2. The molecule has 26 heavy (non-hydrogen) atoms. The van der Waals surface area contributed by atoms with Crippen molar-refractivity contribution in [1.82, 2.24) is 9.80 Å². The molecule has 0 aromatic heterocycles. The first-order valence-corrected chi connectivity index (χ1v) is 9.10. The Kier molecular flexibility index (Phi) is 7.31. The van der Waals surface area contributed by atoms with Gasteiger partial charge in [-0.1, -0.05) is 22.0 Å². The van der Waals surface area contributed by atoms with E-state index in [0.717, 1.165) is 20.7 Å². The SMILES string of the molecule is Cc1c(Br)cccc1OCCCN1CCN(CC(=O)O)[C@@H](C(F)(F)F)C1. The monoisotopic (exact) mass is 438 g/mol. The second-order valence-corrected chi connectivity index (χ2v) is 7.14. The van der Waals surface area contributed by atoms with Gasteiger partial charge in [0.1, 0.15) is 11.8 Å². The van der Waals surface area contributed by atoms with Crippen molar-refractivity contribution in [1.29, 1.82) is 0 Å². The van der Waals surface area contributed by atoms with Crippen LogP contribution in [0, 0.1) is 6.92 Å². The second-order valence-electron chi connectivity index (χ2n) is 6.29. The predicted molar refractivity (Wildman–Crippen MR) is 94.5 cm³/mol. The minimum atomic E-state index is -4.45. The van der Waals surface area contributed by atoms with Crippen LogP contribution in [-0.4, -0.2) is 72.4 Å². The maximum Gasteiger partial charge on any atom is 0.405 e. The van der Waals surface area contributed by atoms with E-state index in [1.165, 1.54) is 0 Å². The van der Waals surface area contributed by atoms with Gasteiger partial charge in [-0.25, -0.2) is 0 Å². The van der Waals surface area contributed by atoms with Gasteiger partial charge in [0.25, 0.3) is 0 Å². The Morgan fingerprint density at radius 2 is 2.12 bits per heavy atom. The van der Waals surface area contributed by atoms with E-state index in [0.29, 0.717) is 26.1 Å². The van der Waals surface area contributed by atoms with E-state index in [1.54, 1.807) is 4.90 Å². The highest BCUT2D eigenvalue weighted by molar-refractivity contribution is 9.10. The Morgan fingerprint density at radius 1 is 1.38 bits per heavy atom. The highest BCUT2D eigenvalue weighted by Gasteiger charge is 2.46. The minimum absolute atomic E-state index is 0.0854. The lowest BCUT2D eigenvalue weighted by Crippen LogP contribution is -2.60. The van der Waals surface area contributed by atoms with E-state index in [2.05, 4.69) is 15.9 Å². The number of benzene rings is 1. The van der Waals surface area contributed by atoms with Crippen LogP contribution in [0.4, 0.5) is 13.2 Å². The van der Waals surface area contributed by atoms with E-state index < -0.39 is 24.7 Å². The minimum Gasteiger partial charge on any atom is -0.493 e. The highest BCUT2D eigenvalue weighted by atomic mass is 79.9. The number of carboxylic acids is 1. The van der Waals surface area contributed by atoms with E-state index in [-0.39, 0.29) is 13.1 Å². The highest BCUT2D eigenvalue weighted by Crippen LogP contribution is 2.28. The number of carboxylic acid groups (broad SMARTS) is 1. The molecule has 1 aliphatic rings. The van der Waals surface area contributed by atoms with Gasteiger partial charge in [0, 0.05) is 36.2 Å². The first-order valence-electron chi connectivity index (χ1n) is 8.31. The molecular weight excluding hydrogens is 417 g/mol. The molecule has 1 aromatic carbocycles. The lowest BCUT2D eigenvalue weighted by molar-refractivity contribution is -0.198. The van der Waals surface area contributed by atoms with Crippen LogP contribution in [0.2, 0.25) is 0 Å². The molecule has 1 aliphatic heterocycles. The van der Waals surface area contributed by atoms with Crippen LogP contribution in [0.3, 0.4) is 0 Å². The number of halogens is 4. The second kappa shape index (κ2) is 9.05. The molecule has 1 saturated heterocycles. The van der Waals surface area contributed by atoms with Crippen molar-refractivity contribution in [2.45, 2.75) is 25.6 Å². The Morgan fingerprint density at radius 3 is 2.77 bits per heavy atom. The molecule has 0 amide bonds. The lowest BCUT2D eigenvalue weighted by Gasteiger charge is -2.41. The summed E-state index contributed by atoms with van der Waals surface area (Å²) < 4.78 is 46.3. The Labute approximate surface area is 158 Å². The van der Waals surface area contributed by atoms with Crippen LogP contribution >= 0.6 is 15.9 Å². The van der Waals surface area contributed by atoms with Crippen molar-refractivity contribution in [3.8, 4) is 5.75 Å². The molecule has 0 spiro atoms. The summed E-state index contributed by atoms with van der Waals surface area (Å²) in [6.07, 6.45) is -3.85. The Bertz CT molecular complexity index is 628. The van der Waals surface area contributed by atoms with Crippen LogP contribution < -0.4 is 4.74 Å². The average Bonchev–Trinajstić information content (AvgIpc) is 2.55. The van der Waals surface area contributed by atoms with Gasteiger partial charge >= 0.3 is 12.1 Å². The van der Waals surface area contributed by atoms with Gasteiger partial charge in [-0.05, 0) is 25.5 Å². The number of alkyl halides is 3. The summed E-state index contributed by atoms with van der Waals surface area (Å²) in [4.78, 5) is 13.5. The number of ether oxygens (including phenoxy) is 1. The fourth-order valence-corrected chi connectivity index (χ4v) is 3.32. The molecule has 146 valence electrons. The third kappa shape index (κ3) is 5.85. The van der Waals surface area contributed by atoms with Crippen LogP contribution in [0.25, 0.3) is 0 Å². The third-order valence-corrected chi connectivity index (χ3v) is 5.24. The van der Waals surface area contributed by atoms with E-state index in [4.69, 9.17) is 9.84 Å². The van der Waals surface area contributed by atoms with E-state index in [9.17, 15) is 18.0 Å². The summed E-state index contributed by atoms with van der Waals surface area (Å²) in [5.74, 6) is -0.496. The molecule has 1 fully saturated rings. The number of carbonyl (C=O) groups is 1. The smallest absolute Gasteiger partial charge is 0.405 e. The number of hydrogen-bond donors (Lipinski definition) is 1. The Hall–Kier alpha value is -1.32. The van der Waals surface area contributed by atoms with Gasteiger partial charge in [-0.3, -0.25) is 9.69 Å². The van der Waals surface area contributed by atoms with Crippen molar-refractivity contribution in [2.75, 3.05) is 39.3 Å². The fraction of sp³-hybridized carbons (Fsp3) is 0.588. The summed E-state index contributed by atoms with van der Waals surface area (Å²) in [5.41, 5.74) is 0.979. The predicted octanol–water partition coefficient (Wildman–Crippen LogP) is 3.16. The zero-order valence-electron chi connectivity index (χ0n) is 14.4. The summed E-state index contributed by atoms with van der Waals surface area (Å²) in [7, 11) is 0. The zero-order chi connectivity index (χ0) is 19.3. The zero-order valence-corrected chi connectivity index (χ0v) is 16.0. The van der Waals surface area contributed by atoms with Crippen molar-refractivity contribution < 1.29 is 27.8 Å². The lowest BCUT2D eigenvalue weighted by atomic mass is 10.1. The van der Waals surface area contributed by atoms with Gasteiger partial charge in [-0.15, -0.1) is 0 Å². The van der Waals surface area contributed by atoms with Gasteiger partial charge < -0.3 is 14.7 Å². The van der Waals surface area contributed by atoms with Gasteiger partial charge in [0.05, 0.1) is 13.2 Å². The molecule has 1 atom stereocenters. The molecule has 5 nitrogen and oxygen atoms in total. The molecule has 1 aromatic rings. The molecule has 1 N–H and O–H groups in total. The standard InChI is InChI=1S/C17H22BrF3N2O3/c1-12-13(18)4-2-5-14(12)26-9-3-6-22-7-8-23(11-16(24)25)15(10-22)17(19,20)21/h2,4-5,15H,3,6-11H2,1H3,(H,24,25)/t15-/m1/s1. The topological polar surface area (TPSA) is 53.0 Å². The largest absolute Gasteiger partial charge is 0.493 e. The van der Waals surface area contributed by atoms with Crippen molar-refractivity contribution in [2.24, 2.45) is 0 Å². The van der Waals surface area contributed by atoms with Gasteiger partial charge in [0.2, 0.25) is 0 Å². The molecule has 0 bridgehead atoms. The normalized spacial score (nSPS) is 19.5. The van der Waals surface area contributed by atoms with Crippen molar-refractivity contribution >= 4 is 21.9 Å². The average molecular weight is 439 g/mol. The summed E-state index contributed by atoms with van der Waals surface area (Å²) in [5, 5.41) is 8.80. The molecule has 2 rings (SSSR count). The van der Waals surface area contributed by atoms with Crippen molar-refractivity contribution in [3.63, 3.8) is 0 Å². The first-order chi connectivity index (χ1) is 12.2. The van der Waals surface area contributed by atoms with Crippen LogP contribution in [0.15, 0.2) is 22.7 Å². The quantitative estimate of drug-likeness (QED) is 0.662. The third-order valence-electron chi connectivity index (χ3n) is 4.39. The number of rotatable bonds is 7. The summed E-state index contributed by atoms with van der Waals surface area (Å²) in [6, 6.07) is 3.88. The number of hydrogen-bond acceptors (Lipinski definition) is 4. The molecular formula is C17H22BrF3N2O3. The van der Waals surface area contributed by atoms with Crippen LogP contribution in [-0.2, 0) is 4.79 Å². The maximum absolute atomic E-state index is 13.2.